The largest absolute Gasteiger partial charge is 0.401 e. The molecule has 1 aliphatic carbocycles. The van der Waals surface area contributed by atoms with Gasteiger partial charge >= 0.3 is 0 Å². The van der Waals surface area contributed by atoms with Gasteiger partial charge in [0.15, 0.2) is 5.78 Å². The van der Waals surface area contributed by atoms with Crippen LogP contribution in [-0.4, -0.2) is 38.0 Å². The van der Waals surface area contributed by atoms with Gasteiger partial charge < -0.3 is 10.6 Å². The van der Waals surface area contributed by atoms with Gasteiger partial charge in [0, 0.05) is 44.8 Å². The second kappa shape index (κ2) is 4.77. The van der Waals surface area contributed by atoms with Crippen molar-refractivity contribution >= 4 is 12.0 Å². The van der Waals surface area contributed by atoms with Crippen molar-refractivity contribution < 1.29 is 4.79 Å². The van der Waals surface area contributed by atoms with Crippen LogP contribution in [0.15, 0.2) is 28.0 Å². The second-order valence-corrected chi connectivity index (χ2v) is 3.77. The van der Waals surface area contributed by atoms with Gasteiger partial charge in [0.05, 0.1) is 5.57 Å². The summed E-state index contributed by atoms with van der Waals surface area (Å²) < 4.78 is 0. The van der Waals surface area contributed by atoms with Crippen LogP contribution in [0, 0.1) is 0 Å². The Morgan fingerprint density at radius 1 is 1.40 bits per heavy atom. The van der Waals surface area contributed by atoms with E-state index >= 15 is 0 Å². The first-order valence-electron chi connectivity index (χ1n) is 4.89. The molecule has 0 saturated carbocycles. The molecule has 82 valence electrons. The van der Waals surface area contributed by atoms with Crippen LogP contribution in [-0.2, 0) is 4.79 Å². The molecule has 1 rings (SSSR count). The molecule has 0 spiro atoms. The average Bonchev–Trinajstić information content (AvgIpc) is 2.16. The molecule has 0 fully saturated rings. The number of Topliss-reactive ketones (excluding diaryl/α,β-unsaturated/α-hetero) is 1. The number of allylic oxidation sites excluding steroid dienone is 3. The van der Waals surface area contributed by atoms with Crippen molar-refractivity contribution in [2.24, 2.45) is 10.7 Å². The summed E-state index contributed by atoms with van der Waals surface area (Å²) in [5, 5.41) is 0. The molecular formula is C11H17N3O. The Kier molecular flexibility index (Phi) is 3.66. The van der Waals surface area contributed by atoms with Gasteiger partial charge in [-0.25, -0.2) is 0 Å². The molecule has 0 aliphatic heterocycles. The Morgan fingerprint density at radius 3 is 2.60 bits per heavy atom. The molecule has 15 heavy (non-hydrogen) atoms. The summed E-state index contributed by atoms with van der Waals surface area (Å²) in [5.41, 5.74) is 7.75. The molecule has 0 aromatic rings. The van der Waals surface area contributed by atoms with Crippen molar-refractivity contribution in [1.29, 1.82) is 0 Å². The average molecular weight is 207 g/mol. The zero-order valence-electron chi connectivity index (χ0n) is 9.45. The maximum atomic E-state index is 11.9. The highest BCUT2D eigenvalue weighted by atomic mass is 16.1. The van der Waals surface area contributed by atoms with E-state index in [1.807, 2.05) is 25.2 Å². The standard InChI is InChI=1S/C11H17N3O/c1-13-6-9-10(12)5-4-8(11(9)15)7-14(2)3/h6-7H,4-5,12H2,1-3H3/b8-7-,13-6?. The molecular weight excluding hydrogens is 190 g/mol. The van der Waals surface area contributed by atoms with Crippen LogP contribution in [0.25, 0.3) is 0 Å². The van der Waals surface area contributed by atoms with Crippen molar-refractivity contribution in [3.63, 3.8) is 0 Å². The van der Waals surface area contributed by atoms with Gasteiger partial charge in [0.1, 0.15) is 0 Å². The minimum Gasteiger partial charge on any atom is -0.401 e. The highest BCUT2D eigenvalue weighted by Crippen LogP contribution is 2.22. The van der Waals surface area contributed by atoms with Crippen LogP contribution in [0.3, 0.4) is 0 Å². The normalized spacial score (nSPS) is 20.5. The Labute approximate surface area is 90.2 Å². The van der Waals surface area contributed by atoms with Gasteiger partial charge in [-0.05, 0) is 12.8 Å². The highest BCUT2D eigenvalue weighted by molar-refractivity contribution is 6.22. The van der Waals surface area contributed by atoms with Crippen LogP contribution in [0.5, 0.6) is 0 Å². The number of nitrogens with zero attached hydrogens (tertiary/aromatic N) is 2. The summed E-state index contributed by atoms with van der Waals surface area (Å²) in [7, 11) is 5.43. The van der Waals surface area contributed by atoms with E-state index in [0.29, 0.717) is 17.7 Å². The topological polar surface area (TPSA) is 58.7 Å². The maximum absolute atomic E-state index is 11.9. The predicted molar refractivity (Wildman–Crippen MR) is 61.6 cm³/mol. The van der Waals surface area contributed by atoms with E-state index in [1.54, 1.807) is 13.3 Å². The Bertz CT molecular complexity index is 351. The Morgan fingerprint density at radius 2 is 2.07 bits per heavy atom. The number of ketones is 1. The molecule has 2 N–H and O–H groups in total. The molecule has 4 heteroatoms. The first kappa shape index (κ1) is 11.5. The van der Waals surface area contributed by atoms with Crippen LogP contribution in [0.1, 0.15) is 12.8 Å². The first-order chi connectivity index (χ1) is 7.06. The van der Waals surface area contributed by atoms with Crippen LogP contribution < -0.4 is 5.73 Å². The lowest BCUT2D eigenvalue weighted by molar-refractivity contribution is -0.112. The number of aliphatic imine (C=N–C) groups is 1. The monoisotopic (exact) mass is 207 g/mol. The predicted octanol–water partition coefficient (Wildman–Crippen LogP) is 0.708. The van der Waals surface area contributed by atoms with Gasteiger partial charge in [-0.15, -0.1) is 0 Å². The van der Waals surface area contributed by atoms with E-state index in [-0.39, 0.29) is 5.78 Å². The summed E-state index contributed by atoms with van der Waals surface area (Å²) >= 11 is 0. The number of carbonyl (C=O) groups is 1. The van der Waals surface area contributed by atoms with Gasteiger partial charge in [0.2, 0.25) is 0 Å². The van der Waals surface area contributed by atoms with E-state index in [1.165, 1.54) is 0 Å². The number of hydrogen-bond acceptors (Lipinski definition) is 4. The fourth-order valence-corrected chi connectivity index (χ4v) is 1.54. The minimum absolute atomic E-state index is 0.00181. The molecule has 0 aromatic heterocycles. The van der Waals surface area contributed by atoms with Crippen LogP contribution in [0.4, 0.5) is 0 Å². The molecule has 0 radical (unpaired) electrons. The van der Waals surface area contributed by atoms with Crippen LogP contribution >= 0.6 is 0 Å². The molecule has 0 bridgehead atoms. The molecule has 0 saturated heterocycles. The van der Waals surface area contributed by atoms with Crippen molar-refractivity contribution in [2.45, 2.75) is 12.8 Å². The fourth-order valence-electron chi connectivity index (χ4n) is 1.54. The van der Waals surface area contributed by atoms with E-state index in [0.717, 1.165) is 12.0 Å². The summed E-state index contributed by atoms with van der Waals surface area (Å²) in [6, 6.07) is 0. The molecule has 0 unspecified atom stereocenters. The molecule has 0 aromatic carbocycles. The van der Waals surface area contributed by atoms with Gasteiger partial charge in [-0.3, -0.25) is 9.79 Å². The van der Waals surface area contributed by atoms with E-state index in [9.17, 15) is 4.79 Å². The molecule has 0 heterocycles. The number of hydrogen-bond donors (Lipinski definition) is 1. The smallest absolute Gasteiger partial charge is 0.193 e. The number of carbonyl (C=O) groups excluding carboxylic acids is 1. The Hall–Kier alpha value is -1.58. The molecule has 1 aliphatic rings. The van der Waals surface area contributed by atoms with E-state index in [2.05, 4.69) is 4.99 Å². The van der Waals surface area contributed by atoms with Crippen molar-refractivity contribution in [2.75, 3.05) is 21.1 Å². The van der Waals surface area contributed by atoms with Gasteiger partial charge in [-0.2, -0.15) is 0 Å². The molecule has 4 nitrogen and oxygen atoms in total. The van der Waals surface area contributed by atoms with Gasteiger partial charge in [0.25, 0.3) is 0 Å². The summed E-state index contributed by atoms with van der Waals surface area (Å²) in [6.07, 6.45) is 4.83. The second-order valence-electron chi connectivity index (χ2n) is 3.77. The van der Waals surface area contributed by atoms with Gasteiger partial charge in [-0.1, -0.05) is 0 Å². The summed E-state index contributed by atoms with van der Waals surface area (Å²) in [6.45, 7) is 0. The molecule has 0 atom stereocenters. The van der Waals surface area contributed by atoms with Crippen molar-refractivity contribution in [3.8, 4) is 0 Å². The number of nitrogens with two attached hydrogens (primary N) is 1. The third-order valence-electron chi connectivity index (χ3n) is 2.22. The summed E-state index contributed by atoms with van der Waals surface area (Å²) in [5.74, 6) is -0.00181. The number of rotatable bonds is 2. The fraction of sp³-hybridized carbons (Fsp3) is 0.455. The highest BCUT2D eigenvalue weighted by Gasteiger charge is 2.22. The minimum atomic E-state index is -0.00181. The molecule has 0 amide bonds. The quantitative estimate of drug-likeness (QED) is 0.536. The lowest BCUT2D eigenvalue weighted by atomic mass is 9.91. The maximum Gasteiger partial charge on any atom is 0.193 e. The summed E-state index contributed by atoms with van der Waals surface area (Å²) in [4.78, 5) is 17.7. The zero-order chi connectivity index (χ0) is 11.4. The lowest BCUT2D eigenvalue weighted by Crippen LogP contribution is -2.21. The lowest BCUT2D eigenvalue weighted by Gasteiger charge is -2.18. The Balaban J connectivity index is 3.02. The SMILES string of the molecule is CN=CC1=C(N)CC/C(=C/N(C)C)C1=O. The van der Waals surface area contributed by atoms with E-state index in [4.69, 9.17) is 5.73 Å². The van der Waals surface area contributed by atoms with E-state index < -0.39 is 0 Å². The third kappa shape index (κ3) is 2.68. The first-order valence-corrected chi connectivity index (χ1v) is 4.89. The zero-order valence-corrected chi connectivity index (χ0v) is 9.45. The van der Waals surface area contributed by atoms with Crippen molar-refractivity contribution in [1.82, 2.24) is 4.90 Å². The van der Waals surface area contributed by atoms with Crippen LogP contribution in [0.2, 0.25) is 0 Å². The van der Waals surface area contributed by atoms with Crippen molar-refractivity contribution in [3.05, 3.63) is 23.0 Å². The third-order valence-corrected chi connectivity index (χ3v) is 2.22.